The van der Waals surface area contributed by atoms with Crippen molar-refractivity contribution in [3.05, 3.63) is 23.8 Å². The van der Waals surface area contributed by atoms with E-state index in [0.717, 1.165) is 36.3 Å². The van der Waals surface area contributed by atoms with Crippen molar-refractivity contribution >= 4 is 17.3 Å². The zero-order chi connectivity index (χ0) is 11.7. The van der Waals surface area contributed by atoms with E-state index in [2.05, 4.69) is 4.90 Å². The molecule has 0 radical (unpaired) electrons. The Morgan fingerprint density at radius 1 is 1.50 bits per heavy atom. The lowest BCUT2D eigenvalue weighted by molar-refractivity contribution is -0.119. The first kappa shape index (κ1) is 10.8. The fourth-order valence-corrected chi connectivity index (χ4v) is 2.30. The first-order chi connectivity index (χ1) is 7.61. The van der Waals surface area contributed by atoms with Crippen LogP contribution >= 0.6 is 0 Å². The highest BCUT2D eigenvalue weighted by atomic mass is 16.1. The van der Waals surface area contributed by atoms with Crippen LogP contribution in [0.5, 0.6) is 0 Å². The minimum absolute atomic E-state index is 0.180. The molecule has 0 aromatic heterocycles. The summed E-state index contributed by atoms with van der Waals surface area (Å²) in [7, 11) is 0. The Morgan fingerprint density at radius 3 is 2.94 bits per heavy atom. The molecule has 1 unspecified atom stereocenters. The molecule has 4 heteroatoms. The van der Waals surface area contributed by atoms with E-state index in [0.29, 0.717) is 0 Å². The maximum Gasteiger partial charge on any atom is 0.240 e. The summed E-state index contributed by atoms with van der Waals surface area (Å²) in [5.41, 5.74) is 14.1. The highest BCUT2D eigenvalue weighted by Gasteiger charge is 2.29. The molecule has 4 N–H and O–H groups in total. The molecule has 0 aliphatic carbocycles. The van der Waals surface area contributed by atoms with Crippen molar-refractivity contribution in [2.24, 2.45) is 5.73 Å². The normalized spacial score (nSPS) is 20.1. The topological polar surface area (TPSA) is 72.3 Å². The van der Waals surface area contributed by atoms with Crippen LogP contribution in [0, 0.1) is 6.92 Å². The first-order valence-electron chi connectivity index (χ1n) is 5.52. The Labute approximate surface area is 95.2 Å². The van der Waals surface area contributed by atoms with E-state index >= 15 is 0 Å². The van der Waals surface area contributed by atoms with Crippen LogP contribution in [-0.4, -0.2) is 18.5 Å². The molecule has 16 heavy (non-hydrogen) atoms. The molecule has 1 aromatic rings. The van der Waals surface area contributed by atoms with E-state index in [-0.39, 0.29) is 11.9 Å². The van der Waals surface area contributed by atoms with Gasteiger partial charge >= 0.3 is 0 Å². The molecule has 0 bridgehead atoms. The number of nitrogen functional groups attached to an aromatic ring is 1. The lowest BCUT2D eigenvalue weighted by Crippen LogP contribution is -2.40. The molecular weight excluding hydrogens is 202 g/mol. The van der Waals surface area contributed by atoms with Gasteiger partial charge in [-0.2, -0.15) is 0 Å². The van der Waals surface area contributed by atoms with Crippen molar-refractivity contribution in [3.8, 4) is 0 Å². The molecule has 0 spiro atoms. The Balaban J connectivity index is 2.36. The molecule has 2 rings (SSSR count). The monoisotopic (exact) mass is 219 g/mol. The number of primary amides is 1. The third-order valence-corrected chi connectivity index (χ3v) is 3.24. The van der Waals surface area contributed by atoms with E-state index in [1.54, 1.807) is 0 Å². The largest absolute Gasteiger partial charge is 0.398 e. The lowest BCUT2D eigenvalue weighted by atomic mass is 10.1. The molecule has 1 aromatic carbocycles. The van der Waals surface area contributed by atoms with Crippen LogP contribution in [0.1, 0.15) is 18.4 Å². The maximum absolute atomic E-state index is 11.3. The number of nitrogens with zero attached hydrogens (tertiary/aromatic N) is 1. The number of carbonyl (C=O) groups excluding carboxylic acids is 1. The molecule has 1 aliphatic rings. The van der Waals surface area contributed by atoms with Gasteiger partial charge in [0.2, 0.25) is 5.91 Å². The molecule has 1 atom stereocenters. The summed E-state index contributed by atoms with van der Waals surface area (Å²) < 4.78 is 0. The van der Waals surface area contributed by atoms with Gasteiger partial charge in [0.25, 0.3) is 0 Å². The first-order valence-corrected chi connectivity index (χ1v) is 5.52. The van der Waals surface area contributed by atoms with E-state index < -0.39 is 0 Å². The number of nitrogens with two attached hydrogens (primary N) is 2. The summed E-state index contributed by atoms with van der Waals surface area (Å²) in [5.74, 6) is -0.251. The number of carbonyl (C=O) groups is 1. The highest BCUT2D eigenvalue weighted by molar-refractivity contribution is 5.85. The zero-order valence-corrected chi connectivity index (χ0v) is 9.44. The average molecular weight is 219 g/mol. The molecule has 1 heterocycles. The van der Waals surface area contributed by atoms with Crippen molar-refractivity contribution in [3.63, 3.8) is 0 Å². The van der Waals surface area contributed by atoms with Crippen LogP contribution in [0.4, 0.5) is 11.4 Å². The summed E-state index contributed by atoms with van der Waals surface area (Å²) in [5, 5.41) is 0. The molecule has 4 nitrogen and oxygen atoms in total. The fraction of sp³-hybridized carbons (Fsp3) is 0.417. The minimum atomic E-state index is -0.251. The lowest BCUT2D eigenvalue weighted by Gasteiger charge is -2.26. The second-order valence-corrected chi connectivity index (χ2v) is 4.25. The molecule has 1 aliphatic heterocycles. The summed E-state index contributed by atoms with van der Waals surface area (Å²) >= 11 is 0. The van der Waals surface area contributed by atoms with Gasteiger partial charge in [-0.25, -0.2) is 0 Å². The fourth-order valence-electron chi connectivity index (χ4n) is 2.30. The van der Waals surface area contributed by atoms with Crippen LogP contribution < -0.4 is 16.4 Å². The number of anilines is 2. The van der Waals surface area contributed by atoms with Crippen molar-refractivity contribution in [2.45, 2.75) is 25.8 Å². The molecule has 1 fully saturated rings. The second kappa shape index (κ2) is 4.04. The summed E-state index contributed by atoms with van der Waals surface area (Å²) in [4.78, 5) is 13.4. The quantitative estimate of drug-likeness (QED) is 0.730. The van der Waals surface area contributed by atoms with Crippen LogP contribution in [0.25, 0.3) is 0 Å². The Kier molecular flexibility index (Phi) is 2.73. The van der Waals surface area contributed by atoms with Crippen molar-refractivity contribution < 1.29 is 4.79 Å². The number of amides is 1. The summed E-state index contributed by atoms with van der Waals surface area (Å²) in [6.45, 7) is 2.85. The second-order valence-electron chi connectivity index (χ2n) is 4.25. The third kappa shape index (κ3) is 1.71. The number of hydrogen-bond acceptors (Lipinski definition) is 3. The Morgan fingerprint density at radius 2 is 2.25 bits per heavy atom. The van der Waals surface area contributed by atoms with Crippen molar-refractivity contribution in [1.82, 2.24) is 0 Å². The van der Waals surface area contributed by atoms with Crippen LogP contribution in [0.2, 0.25) is 0 Å². The van der Waals surface area contributed by atoms with E-state index in [9.17, 15) is 4.79 Å². The van der Waals surface area contributed by atoms with Gasteiger partial charge in [0, 0.05) is 17.9 Å². The number of benzene rings is 1. The van der Waals surface area contributed by atoms with Crippen LogP contribution in [0.15, 0.2) is 18.2 Å². The summed E-state index contributed by atoms with van der Waals surface area (Å²) in [6, 6.07) is 5.59. The molecule has 1 amide bonds. The van der Waals surface area contributed by atoms with Gasteiger partial charge < -0.3 is 16.4 Å². The van der Waals surface area contributed by atoms with Gasteiger partial charge in [-0.3, -0.25) is 4.79 Å². The predicted molar refractivity (Wildman–Crippen MR) is 65.2 cm³/mol. The van der Waals surface area contributed by atoms with Gasteiger partial charge in [-0.05, 0) is 37.5 Å². The van der Waals surface area contributed by atoms with E-state index in [1.807, 2.05) is 25.1 Å². The van der Waals surface area contributed by atoms with Crippen molar-refractivity contribution in [2.75, 3.05) is 17.2 Å². The van der Waals surface area contributed by atoms with Gasteiger partial charge in [0.05, 0.1) is 0 Å². The van der Waals surface area contributed by atoms with Crippen LogP contribution in [0.3, 0.4) is 0 Å². The molecular formula is C12H17N3O. The van der Waals surface area contributed by atoms with Gasteiger partial charge in [-0.1, -0.05) is 6.07 Å². The smallest absolute Gasteiger partial charge is 0.240 e. The van der Waals surface area contributed by atoms with Crippen molar-refractivity contribution in [1.29, 1.82) is 0 Å². The number of rotatable bonds is 2. The Hall–Kier alpha value is -1.71. The van der Waals surface area contributed by atoms with Gasteiger partial charge in [0.1, 0.15) is 6.04 Å². The zero-order valence-electron chi connectivity index (χ0n) is 9.44. The van der Waals surface area contributed by atoms with Crippen LogP contribution in [-0.2, 0) is 4.79 Å². The van der Waals surface area contributed by atoms with E-state index in [4.69, 9.17) is 11.5 Å². The molecule has 1 saturated heterocycles. The molecule has 86 valence electrons. The Bertz CT molecular complexity index is 417. The highest BCUT2D eigenvalue weighted by Crippen LogP contribution is 2.30. The third-order valence-electron chi connectivity index (χ3n) is 3.24. The van der Waals surface area contributed by atoms with Gasteiger partial charge in [0.15, 0.2) is 0 Å². The average Bonchev–Trinajstić information content (AvgIpc) is 2.70. The molecule has 0 saturated carbocycles. The van der Waals surface area contributed by atoms with E-state index in [1.165, 1.54) is 0 Å². The number of hydrogen-bond donors (Lipinski definition) is 2. The minimum Gasteiger partial charge on any atom is -0.398 e. The standard InChI is InChI=1S/C12H17N3O/c1-8-9(13)4-2-5-10(8)15-7-3-6-11(15)12(14)16/h2,4-5,11H,3,6-7,13H2,1H3,(H2,14,16). The summed E-state index contributed by atoms with van der Waals surface area (Å²) in [6.07, 6.45) is 1.84. The predicted octanol–water partition coefficient (Wildman–Crippen LogP) is 1.03. The SMILES string of the molecule is Cc1c(N)cccc1N1CCCC1C(N)=O. The van der Waals surface area contributed by atoms with Gasteiger partial charge in [-0.15, -0.1) is 0 Å². The maximum atomic E-state index is 11.3.